The summed E-state index contributed by atoms with van der Waals surface area (Å²) in [6.45, 7) is 2.76. The van der Waals surface area contributed by atoms with Gasteiger partial charge >= 0.3 is 0 Å². The van der Waals surface area contributed by atoms with Gasteiger partial charge in [-0.3, -0.25) is 9.59 Å². The molecule has 0 aliphatic rings. The number of terminal acetylenes is 1. The monoisotopic (exact) mass is 350 g/mol. The summed E-state index contributed by atoms with van der Waals surface area (Å²) in [6.07, 6.45) is 6.17. The van der Waals surface area contributed by atoms with Crippen molar-refractivity contribution in [1.82, 2.24) is 5.32 Å². The molecule has 0 saturated heterocycles. The van der Waals surface area contributed by atoms with Crippen molar-refractivity contribution in [2.75, 3.05) is 18.5 Å². The first-order valence-corrected chi connectivity index (χ1v) is 8.50. The molecule has 0 heterocycles. The van der Waals surface area contributed by atoms with E-state index in [2.05, 4.69) is 16.6 Å². The lowest BCUT2D eigenvalue weighted by Gasteiger charge is -2.10. The van der Waals surface area contributed by atoms with Crippen LogP contribution >= 0.6 is 0 Å². The number of carbonyl (C=O) groups excluding carboxylic acids is 2. The van der Waals surface area contributed by atoms with E-state index in [1.165, 1.54) is 0 Å². The minimum Gasteiger partial charge on any atom is -0.493 e. The summed E-state index contributed by atoms with van der Waals surface area (Å²) in [5.41, 5.74) is 1.87. The third kappa shape index (κ3) is 5.67. The maximum absolute atomic E-state index is 12.2. The van der Waals surface area contributed by atoms with Crippen molar-refractivity contribution in [1.29, 1.82) is 0 Å². The predicted octanol–water partition coefficient (Wildman–Crippen LogP) is 3.22. The van der Waals surface area contributed by atoms with E-state index in [0.717, 1.165) is 0 Å². The molecule has 0 saturated carbocycles. The molecule has 2 rings (SSSR count). The average molecular weight is 350 g/mol. The van der Waals surface area contributed by atoms with E-state index in [0.29, 0.717) is 48.6 Å². The van der Waals surface area contributed by atoms with Crippen LogP contribution in [-0.4, -0.2) is 25.0 Å². The number of anilines is 1. The summed E-state index contributed by atoms with van der Waals surface area (Å²) >= 11 is 0. The van der Waals surface area contributed by atoms with Crippen LogP contribution in [0.1, 0.15) is 35.7 Å². The fourth-order valence-electron chi connectivity index (χ4n) is 2.39. The highest BCUT2D eigenvalue weighted by atomic mass is 16.5. The Morgan fingerprint density at radius 1 is 1.15 bits per heavy atom. The highest BCUT2D eigenvalue weighted by Gasteiger charge is 2.11. The van der Waals surface area contributed by atoms with E-state index in [4.69, 9.17) is 11.2 Å². The van der Waals surface area contributed by atoms with Crippen LogP contribution in [0.3, 0.4) is 0 Å². The van der Waals surface area contributed by atoms with Crippen LogP contribution in [0.5, 0.6) is 5.75 Å². The molecule has 5 nitrogen and oxygen atoms in total. The van der Waals surface area contributed by atoms with Crippen LogP contribution in [0.15, 0.2) is 48.5 Å². The van der Waals surface area contributed by atoms with Crippen molar-refractivity contribution in [2.45, 2.75) is 19.8 Å². The van der Waals surface area contributed by atoms with Crippen LogP contribution in [0.25, 0.3) is 0 Å². The molecule has 0 bridgehead atoms. The number of nitrogens with one attached hydrogen (secondary N) is 2. The molecule has 0 aliphatic heterocycles. The predicted molar refractivity (Wildman–Crippen MR) is 102 cm³/mol. The molecule has 26 heavy (non-hydrogen) atoms. The van der Waals surface area contributed by atoms with Crippen LogP contribution < -0.4 is 15.4 Å². The average Bonchev–Trinajstić information content (AvgIpc) is 2.66. The number of hydrogen-bond acceptors (Lipinski definition) is 3. The number of rotatable bonds is 8. The Balaban J connectivity index is 1.77. The molecule has 0 fully saturated rings. The summed E-state index contributed by atoms with van der Waals surface area (Å²) < 4.78 is 5.45. The summed E-state index contributed by atoms with van der Waals surface area (Å²) in [7, 11) is 0. The number of amides is 2. The highest BCUT2D eigenvalue weighted by molar-refractivity contribution is 5.97. The second-order valence-electron chi connectivity index (χ2n) is 5.56. The van der Waals surface area contributed by atoms with Crippen molar-refractivity contribution in [2.24, 2.45) is 0 Å². The normalized spacial score (nSPS) is 9.85. The van der Waals surface area contributed by atoms with Gasteiger partial charge in [0.05, 0.1) is 12.2 Å². The molecule has 0 spiro atoms. The summed E-state index contributed by atoms with van der Waals surface area (Å²) in [4.78, 5) is 24.2. The van der Waals surface area contributed by atoms with Gasteiger partial charge in [0.15, 0.2) is 0 Å². The van der Waals surface area contributed by atoms with E-state index in [1.807, 2.05) is 13.0 Å². The van der Waals surface area contributed by atoms with Crippen molar-refractivity contribution in [3.63, 3.8) is 0 Å². The zero-order valence-electron chi connectivity index (χ0n) is 14.7. The smallest absolute Gasteiger partial charge is 0.255 e. The summed E-state index contributed by atoms with van der Waals surface area (Å²) in [5.74, 6) is 2.75. The van der Waals surface area contributed by atoms with Gasteiger partial charge in [-0.2, -0.15) is 0 Å². The Kier molecular flexibility index (Phi) is 7.26. The van der Waals surface area contributed by atoms with Gasteiger partial charge in [-0.1, -0.05) is 24.1 Å². The lowest BCUT2D eigenvalue weighted by atomic mass is 10.2. The lowest BCUT2D eigenvalue weighted by Crippen LogP contribution is -2.26. The third-order valence-corrected chi connectivity index (χ3v) is 3.61. The first-order valence-electron chi connectivity index (χ1n) is 8.50. The third-order valence-electron chi connectivity index (χ3n) is 3.61. The number of benzene rings is 2. The fraction of sp³-hybridized carbons (Fsp3) is 0.238. The minimum absolute atomic E-state index is 0.122. The lowest BCUT2D eigenvalue weighted by molar-refractivity contribution is -0.116. The van der Waals surface area contributed by atoms with Crippen LogP contribution in [0.2, 0.25) is 0 Å². The fourth-order valence-corrected chi connectivity index (χ4v) is 2.39. The maximum atomic E-state index is 12.2. The molecule has 0 aliphatic carbocycles. The van der Waals surface area contributed by atoms with Crippen molar-refractivity contribution >= 4 is 17.5 Å². The molecule has 2 aromatic rings. The van der Waals surface area contributed by atoms with Crippen molar-refractivity contribution in [3.8, 4) is 18.1 Å². The van der Waals surface area contributed by atoms with Crippen LogP contribution in [0, 0.1) is 12.3 Å². The highest BCUT2D eigenvalue weighted by Crippen LogP contribution is 2.17. The molecule has 2 N–H and O–H groups in total. The molecular formula is C21H22N2O3. The van der Waals surface area contributed by atoms with E-state index >= 15 is 0 Å². The van der Waals surface area contributed by atoms with E-state index < -0.39 is 0 Å². The molecule has 2 aromatic carbocycles. The van der Waals surface area contributed by atoms with Gasteiger partial charge in [-0.05, 0) is 43.7 Å². The zero-order chi connectivity index (χ0) is 18.8. The number of ether oxygens (including phenoxy) is 1. The van der Waals surface area contributed by atoms with Crippen molar-refractivity contribution in [3.05, 3.63) is 59.7 Å². The maximum Gasteiger partial charge on any atom is 0.255 e. The first-order chi connectivity index (χ1) is 12.6. The van der Waals surface area contributed by atoms with E-state index in [-0.39, 0.29) is 11.8 Å². The van der Waals surface area contributed by atoms with E-state index in [1.54, 1.807) is 42.5 Å². The van der Waals surface area contributed by atoms with Gasteiger partial charge in [0.25, 0.3) is 5.91 Å². The molecular weight excluding hydrogens is 328 g/mol. The minimum atomic E-state index is -0.212. The Bertz CT molecular complexity index is 809. The number of hydrogen-bond donors (Lipinski definition) is 2. The van der Waals surface area contributed by atoms with Gasteiger partial charge in [-0.15, -0.1) is 6.42 Å². The molecule has 0 unspecified atom stereocenters. The van der Waals surface area contributed by atoms with Gasteiger partial charge in [0.1, 0.15) is 5.75 Å². The molecule has 0 aromatic heterocycles. The van der Waals surface area contributed by atoms with E-state index in [9.17, 15) is 9.59 Å². The number of carbonyl (C=O) groups is 2. The Morgan fingerprint density at radius 2 is 1.96 bits per heavy atom. The molecule has 2 amide bonds. The Labute approximate surface area is 153 Å². The second kappa shape index (κ2) is 9.90. The quantitative estimate of drug-likeness (QED) is 0.567. The Hall–Kier alpha value is -3.26. The number of para-hydroxylation sites is 1. The summed E-state index contributed by atoms with van der Waals surface area (Å²) in [5, 5.41) is 5.60. The topological polar surface area (TPSA) is 67.4 Å². The van der Waals surface area contributed by atoms with Gasteiger partial charge in [-0.25, -0.2) is 0 Å². The summed E-state index contributed by atoms with van der Waals surface area (Å²) in [6, 6.07) is 14.2. The SMILES string of the molecule is C#Cc1cccc(NC(=O)CCCNC(=O)c2ccccc2OCC)c1. The molecule has 0 atom stereocenters. The second-order valence-corrected chi connectivity index (χ2v) is 5.56. The molecule has 5 heteroatoms. The van der Waals surface area contributed by atoms with Crippen LogP contribution in [0.4, 0.5) is 5.69 Å². The standard InChI is InChI=1S/C21H22N2O3/c1-3-16-9-7-10-17(15-16)23-20(24)13-8-14-22-21(25)18-11-5-6-12-19(18)26-4-2/h1,5-7,9-12,15H,4,8,13-14H2,2H3,(H,22,25)(H,23,24). The largest absolute Gasteiger partial charge is 0.493 e. The van der Waals surface area contributed by atoms with Gasteiger partial charge in [0, 0.05) is 24.2 Å². The van der Waals surface area contributed by atoms with Crippen molar-refractivity contribution < 1.29 is 14.3 Å². The zero-order valence-corrected chi connectivity index (χ0v) is 14.7. The molecule has 134 valence electrons. The Morgan fingerprint density at radius 3 is 2.73 bits per heavy atom. The molecule has 0 radical (unpaired) electrons. The van der Waals surface area contributed by atoms with Crippen LogP contribution in [-0.2, 0) is 4.79 Å². The first kappa shape index (κ1) is 19.1. The van der Waals surface area contributed by atoms with Gasteiger partial charge in [0.2, 0.25) is 5.91 Å². The van der Waals surface area contributed by atoms with Gasteiger partial charge < -0.3 is 15.4 Å².